The molecule has 0 aliphatic rings. The van der Waals surface area contributed by atoms with Gasteiger partial charge in [0.15, 0.2) is 0 Å². The van der Waals surface area contributed by atoms with Gasteiger partial charge in [0.25, 0.3) is 0 Å². The van der Waals surface area contributed by atoms with Gasteiger partial charge in [0, 0.05) is 18.4 Å². The molecule has 0 saturated carbocycles. The van der Waals surface area contributed by atoms with Crippen LogP contribution in [-0.4, -0.2) is 23.6 Å². The lowest BCUT2D eigenvalue weighted by Crippen LogP contribution is -2.20. The predicted octanol–water partition coefficient (Wildman–Crippen LogP) is 3.66. The highest BCUT2D eigenvalue weighted by Gasteiger charge is 2.36. The summed E-state index contributed by atoms with van der Waals surface area (Å²) in [4.78, 5) is 9.39. The van der Waals surface area contributed by atoms with Gasteiger partial charge in [-0.25, -0.2) is 4.98 Å². The third-order valence-electron chi connectivity index (χ3n) is 2.87. The molecule has 112 valence electrons. The molecule has 1 aromatic carbocycles. The first-order valence-corrected chi connectivity index (χ1v) is 6.28. The largest absolute Gasteiger partial charge is 0.480 e. The molecule has 0 fully saturated rings. The van der Waals surface area contributed by atoms with Crippen molar-refractivity contribution in [3.05, 3.63) is 42.1 Å². The minimum atomic E-state index is -4.55. The maximum Gasteiger partial charge on any atom is 0.423 e. The van der Waals surface area contributed by atoms with Gasteiger partial charge in [-0.3, -0.25) is 0 Å². The summed E-state index contributed by atoms with van der Waals surface area (Å²) in [6, 6.07) is 9.18. The van der Waals surface area contributed by atoms with Crippen molar-refractivity contribution in [2.45, 2.75) is 13.1 Å². The Hall–Kier alpha value is -2.31. The van der Waals surface area contributed by atoms with Crippen LogP contribution >= 0.6 is 0 Å². The quantitative estimate of drug-likeness (QED) is 0.863. The highest BCUT2D eigenvalue weighted by Crippen LogP contribution is 2.35. The summed E-state index contributed by atoms with van der Waals surface area (Å²) in [7, 11) is 1.15. The fourth-order valence-electron chi connectivity index (χ4n) is 1.88. The fraction of sp³-hybridized carbons (Fsp3) is 0.286. The van der Waals surface area contributed by atoms with Crippen LogP contribution in [-0.2, 0) is 6.18 Å². The zero-order valence-electron chi connectivity index (χ0n) is 11.6. The molecule has 4 nitrogen and oxygen atoms in total. The van der Waals surface area contributed by atoms with Gasteiger partial charge in [-0.2, -0.15) is 18.2 Å². The van der Waals surface area contributed by atoms with Gasteiger partial charge in [0.2, 0.25) is 11.8 Å². The van der Waals surface area contributed by atoms with Crippen LogP contribution in [0.25, 0.3) is 0 Å². The van der Waals surface area contributed by atoms with Crippen LogP contribution in [0.2, 0.25) is 0 Å². The molecule has 0 saturated heterocycles. The SMILES string of the molecule is CCN(c1ccccc1)c1ncc(C(F)(F)F)c(OC)n1. The molecule has 1 heterocycles. The second kappa shape index (κ2) is 5.99. The van der Waals surface area contributed by atoms with E-state index in [1.54, 1.807) is 4.90 Å². The summed E-state index contributed by atoms with van der Waals surface area (Å²) in [5.41, 5.74) is -0.195. The Kier molecular flexibility index (Phi) is 4.30. The van der Waals surface area contributed by atoms with Crippen molar-refractivity contribution in [3.63, 3.8) is 0 Å². The number of nitrogens with zero attached hydrogens (tertiary/aromatic N) is 3. The minimum Gasteiger partial charge on any atom is -0.480 e. The van der Waals surface area contributed by atoms with Crippen molar-refractivity contribution >= 4 is 11.6 Å². The maximum atomic E-state index is 12.8. The van der Waals surface area contributed by atoms with Crippen molar-refractivity contribution < 1.29 is 17.9 Å². The number of rotatable bonds is 4. The Labute approximate surface area is 120 Å². The first-order valence-electron chi connectivity index (χ1n) is 6.28. The van der Waals surface area contributed by atoms with Crippen molar-refractivity contribution in [1.82, 2.24) is 9.97 Å². The predicted molar refractivity (Wildman–Crippen MR) is 72.7 cm³/mol. The van der Waals surface area contributed by atoms with Crippen LogP contribution in [0.5, 0.6) is 5.88 Å². The number of anilines is 2. The van der Waals surface area contributed by atoms with E-state index < -0.39 is 17.6 Å². The third kappa shape index (κ3) is 3.24. The number of halogens is 3. The Bertz CT molecular complexity index is 602. The number of methoxy groups -OCH3 is 1. The maximum absolute atomic E-state index is 12.8. The first kappa shape index (κ1) is 15.1. The number of aromatic nitrogens is 2. The Balaban J connectivity index is 2.45. The van der Waals surface area contributed by atoms with Gasteiger partial charge < -0.3 is 9.64 Å². The molecule has 0 N–H and O–H groups in total. The Morgan fingerprint density at radius 3 is 2.38 bits per heavy atom. The van der Waals surface area contributed by atoms with E-state index in [2.05, 4.69) is 9.97 Å². The monoisotopic (exact) mass is 297 g/mol. The fourth-order valence-corrected chi connectivity index (χ4v) is 1.88. The van der Waals surface area contributed by atoms with Crippen molar-refractivity contribution in [2.24, 2.45) is 0 Å². The van der Waals surface area contributed by atoms with Crippen LogP contribution in [0.15, 0.2) is 36.5 Å². The lowest BCUT2D eigenvalue weighted by Gasteiger charge is -2.22. The van der Waals surface area contributed by atoms with Crippen LogP contribution in [0, 0.1) is 0 Å². The second-order valence-corrected chi connectivity index (χ2v) is 4.17. The van der Waals surface area contributed by atoms with Gasteiger partial charge in [-0.05, 0) is 19.1 Å². The van der Waals surface area contributed by atoms with Crippen LogP contribution < -0.4 is 9.64 Å². The summed E-state index contributed by atoms with van der Waals surface area (Å²) in [6.07, 6.45) is -3.81. The molecular formula is C14H14F3N3O. The van der Waals surface area contributed by atoms with E-state index in [4.69, 9.17) is 4.74 Å². The molecule has 1 aromatic heterocycles. The van der Waals surface area contributed by atoms with E-state index in [1.807, 2.05) is 37.3 Å². The van der Waals surface area contributed by atoms with Gasteiger partial charge in [-0.1, -0.05) is 18.2 Å². The van der Waals surface area contributed by atoms with Crippen LogP contribution in [0.1, 0.15) is 12.5 Å². The first-order chi connectivity index (χ1) is 9.97. The normalized spacial score (nSPS) is 11.3. The standard InChI is InChI=1S/C14H14F3N3O/c1-3-20(10-7-5-4-6-8-10)13-18-9-11(14(15,16)17)12(19-13)21-2/h4-9H,3H2,1-2H3. The van der Waals surface area contributed by atoms with E-state index in [-0.39, 0.29) is 5.95 Å². The highest BCUT2D eigenvalue weighted by atomic mass is 19.4. The van der Waals surface area contributed by atoms with Crippen molar-refractivity contribution in [2.75, 3.05) is 18.6 Å². The summed E-state index contributed by atoms with van der Waals surface area (Å²) >= 11 is 0. The zero-order valence-corrected chi connectivity index (χ0v) is 11.6. The number of alkyl halides is 3. The lowest BCUT2D eigenvalue weighted by atomic mass is 10.3. The third-order valence-corrected chi connectivity index (χ3v) is 2.87. The number of benzene rings is 1. The second-order valence-electron chi connectivity index (χ2n) is 4.17. The molecule has 0 amide bonds. The van der Waals surface area contributed by atoms with E-state index >= 15 is 0 Å². The van der Waals surface area contributed by atoms with E-state index in [1.165, 1.54) is 0 Å². The molecule has 7 heteroatoms. The van der Waals surface area contributed by atoms with Crippen LogP contribution in [0.4, 0.5) is 24.8 Å². The molecule has 0 atom stereocenters. The number of hydrogen-bond acceptors (Lipinski definition) is 4. The highest BCUT2D eigenvalue weighted by molar-refractivity contribution is 5.57. The molecule has 2 rings (SSSR count). The molecule has 0 spiro atoms. The Morgan fingerprint density at radius 2 is 1.86 bits per heavy atom. The molecule has 0 unspecified atom stereocenters. The lowest BCUT2D eigenvalue weighted by molar-refractivity contribution is -0.139. The number of para-hydroxylation sites is 1. The van der Waals surface area contributed by atoms with Crippen LogP contribution in [0.3, 0.4) is 0 Å². The number of hydrogen-bond donors (Lipinski definition) is 0. The summed E-state index contributed by atoms with van der Waals surface area (Å²) < 4.78 is 43.1. The molecule has 0 aliphatic heterocycles. The molecule has 2 aromatic rings. The van der Waals surface area contributed by atoms with Gasteiger partial charge in [-0.15, -0.1) is 0 Å². The molecule has 21 heavy (non-hydrogen) atoms. The van der Waals surface area contributed by atoms with Gasteiger partial charge in [0.1, 0.15) is 5.56 Å². The molecule has 0 bridgehead atoms. The average molecular weight is 297 g/mol. The number of ether oxygens (including phenoxy) is 1. The van der Waals surface area contributed by atoms with E-state index in [9.17, 15) is 13.2 Å². The zero-order chi connectivity index (χ0) is 15.5. The summed E-state index contributed by atoms with van der Waals surface area (Å²) in [5, 5.41) is 0. The topological polar surface area (TPSA) is 38.2 Å². The smallest absolute Gasteiger partial charge is 0.423 e. The van der Waals surface area contributed by atoms with Gasteiger partial charge in [0.05, 0.1) is 7.11 Å². The summed E-state index contributed by atoms with van der Waals surface area (Å²) in [6.45, 7) is 2.37. The minimum absolute atomic E-state index is 0.161. The van der Waals surface area contributed by atoms with Crippen molar-refractivity contribution in [3.8, 4) is 5.88 Å². The Morgan fingerprint density at radius 1 is 1.19 bits per heavy atom. The van der Waals surface area contributed by atoms with E-state index in [0.717, 1.165) is 19.0 Å². The average Bonchev–Trinajstić information content (AvgIpc) is 2.48. The van der Waals surface area contributed by atoms with E-state index in [0.29, 0.717) is 6.54 Å². The molecular weight excluding hydrogens is 283 g/mol. The van der Waals surface area contributed by atoms with Gasteiger partial charge >= 0.3 is 6.18 Å². The molecule has 0 radical (unpaired) electrons. The summed E-state index contributed by atoms with van der Waals surface area (Å²) in [5.74, 6) is -0.324. The molecule has 0 aliphatic carbocycles. The van der Waals surface area contributed by atoms with Crippen molar-refractivity contribution in [1.29, 1.82) is 0 Å².